The van der Waals surface area contributed by atoms with Gasteiger partial charge in [-0.3, -0.25) is 9.98 Å². The first-order valence-electron chi connectivity index (χ1n) is 11.7. The van der Waals surface area contributed by atoms with Crippen LogP contribution >= 0.6 is 0 Å². The van der Waals surface area contributed by atoms with Gasteiger partial charge in [0.05, 0.1) is 11.4 Å². The molecule has 0 spiro atoms. The van der Waals surface area contributed by atoms with Crippen LogP contribution in [0.4, 0.5) is 11.4 Å². The molecule has 0 radical (unpaired) electrons. The molecule has 0 saturated heterocycles. The standard InChI is InChI=1S/C31H24N4/c1-3-7-30-28(5-1)24(20-34-30)18-32-26-13-9-22(10-14-26)17-23-11-15-27(16-12-23)33-19-25-21-35-31-8-4-2-6-29(25)31/h1-16,18-21,34-35H,17H2. The maximum Gasteiger partial charge on any atom is 0.0630 e. The van der Waals surface area contributed by atoms with Crippen LogP contribution in [0.1, 0.15) is 22.3 Å². The van der Waals surface area contributed by atoms with Crippen LogP contribution < -0.4 is 0 Å². The van der Waals surface area contributed by atoms with Crippen LogP contribution in [0, 0.1) is 0 Å². The topological polar surface area (TPSA) is 56.3 Å². The average Bonchev–Trinajstić information content (AvgIpc) is 3.52. The van der Waals surface area contributed by atoms with Gasteiger partial charge in [0.25, 0.3) is 0 Å². The van der Waals surface area contributed by atoms with Gasteiger partial charge in [-0.15, -0.1) is 0 Å². The van der Waals surface area contributed by atoms with E-state index in [1.807, 2.05) is 49.1 Å². The zero-order chi connectivity index (χ0) is 23.5. The third-order valence-electron chi connectivity index (χ3n) is 6.23. The first-order chi connectivity index (χ1) is 17.3. The number of benzene rings is 4. The minimum absolute atomic E-state index is 0.874. The lowest BCUT2D eigenvalue weighted by Crippen LogP contribution is -1.87. The minimum atomic E-state index is 0.874. The lowest BCUT2D eigenvalue weighted by atomic mass is 10.0. The van der Waals surface area contributed by atoms with E-state index in [4.69, 9.17) is 0 Å². The Morgan fingerprint density at radius 2 is 0.943 bits per heavy atom. The molecule has 4 aromatic carbocycles. The Morgan fingerprint density at radius 3 is 1.40 bits per heavy atom. The minimum Gasteiger partial charge on any atom is -0.361 e. The second-order valence-electron chi connectivity index (χ2n) is 8.61. The lowest BCUT2D eigenvalue weighted by molar-refractivity contribution is 1.19. The molecule has 0 unspecified atom stereocenters. The zero-order valence-electron chi connectivity index (χ0n) is 19.1. The van der Waals surface area contributed by atoms with Gasteiger partial charge in [0, 0.05) is 57.8 Å². The predicted octanol–water partition coefficient (Wildman–Crippen LogP) is 7.74. The van der Waals surface area contributed by atoms with Crippen molar-refractivity contribution in [3.8, 4) is 0 Å². The molecule has 4 nitrogen and oxygen atoms in total. The molecular weight excluding hydrogens is 428 g/mol. The molecule has 4 heteroatoms. The molecular formula is C31H24N4. The summed E-state index contributed by atoms with van der Waals surface area (Å²) in [6, 6.07) is 33.4. The Balaban J connectivity index is 1.10. The molecule has 0 aliphatic rings. The van der Waals surface area contributed by atoms with Crippen molar-refractivity contribution in [2.24, 2.45) is 9.98 Å². The van der Waals surface area contributed by atoms with Gasteiger partial charge in [-0.25, -0.2) is 0 Å². The van der Waals surface area contributed by atoms with E-state index in [1.165, 1.54) is 21.9 Å². The summed E-state index contributed by atoms with van der Waals surface area (Å²) < 4.78 is 0. The van der Waals surface area contributed by atoms with Gasteiger partial charge in [-0.1, -0.05) is 60.7 Å². The van der Waals surface area contributed by atoms with Gasteiger partial charge in [0.2, 0.25) is 0 Å². The van der Waals surface area contributed by atoms with Crippen LogP contribution in [0.3, 0.4) is 0 Å². The second kappa shape index (κ2) is 9.27. The average molecular weight is 453 g/mol. The molecule has 168 valence electrons. The van der Waals surface area contributed by atoms with E-state index in [2.05, 4.69) is 92.7 Å². The van der Waals surface area contributed by atoms with Crippen LogP contribution in [0.25, 0.3) is 21.8 Å². The quantitative estimate of drug-likeness (QED) is 0.243. The normalized spacial score (nSPS) is 11.9. The zero-order valence-corrected chi connectivity index (χ0v) is 19.1. The number of hydrogen-bond acceptors (Lipinski definition) is 2. The summed E-state index contributed by atoms with van der Waals surface area (Å²) in [4.78, 5) is 15.9. The van der Waals surface area contributed by atoms with Crippen LogP contribution in [-0.4, -0.2) is 22.4 Å². The molecule has 0 aliphatic heterocycles. The number of aromatic nitrogens is 2. The molecule has 0 atom stereocenters. The number of rotatable bonds is 6. The molecule has 2 heterocycles. The van der Waals surface area contributed by atoms with E-state index in [1.54, 1.807) is 0 Å². The SMILES string of the molecule is C(=Nc1ccc(Cc2ccc(N=Cc3c[nH]c4ccccc34)cc2)cc1)c1c[nH]c2ccccc12. The number of hydrogen-bond donors (Lipinski definition) is 2. The molecule has 0 saturated carbocycles. The Morgan fingerprint density at radius 1 is 0.514 bits per heavy atom. The van der Waals surface area contributed by atoms with Crippen LogP contribution in [-0.2, 0) is 6.42 Å². The highest BCUT2D eigenvalue weighted by atomic mass is 14.7. The predicted molar refractivity (Wildman–Crippen MR) is 147 cm³/mol. The molecule has 0 amide bonds. The van der Waals surface area contributed by atoms with E-state index >= 15 is 0 Å². The summed E-state index contributed by atoms with van der Waals surface area (Å²) in [6.45, 7) is 0. The molecule has 0 bridgehead atoms. The number of aromatic amines is 2. The van der Waals surface area contributed by atoms with Crippen molar-refractivity contribution in [1.82, 2.24) is 9.97 Å². The fraction of sp³-hybridized carbons (Fsp3) is 0.0323. The molecule has 0 aliphatic carbocycles. The highest BCUT2D eigenvalue weighted by Crippen LogP contribution is 2.21. The smallest absolute Gasteiger partial charge is 0.0630 e. The number of nitrogens with zero attached hydrogens (tertiary/aromatic N) is 2. The summed E-state index contributed by atoms with van der Waals surface area (Å²) in [7, 11) is 0. The number of fused-ring (bicyclic) bond motifs is 2. The molecule has 35 heavy (non-hydrogen) atoms. The van der Waals surface area contributed by atoms with E-state index in [-0.39, 0.29) is 0 Å². The maximum absolute atomic E-state index is 4.66. The Kier molecular flexibility index (Phi) is 5.53. The first-order valence-corrected chi connectivity index (χ1v) is 11.7. The van der Waals surface area contributed by atoms with Crippen LogP contribution in [0.5, 0.6) is 0 Å². The molecule has 2 aromatic heterocycles. The van der Waals surface area contributed by atoms with Gasteiger partial charge in [0.1, 0.15) is 0 Å². The first kappa shape index (κ1) is 20.9. The third kappa shape index (κ3) is 4.55. The summed E-state index contributed by atoms with van der Waals surface area (Å²) in [6.07, 6.45) is 8.71. The Labute approximate surface area is 203 Å². The van der Waals surface area contributed by atoms with Crippen molar-refractivity contribution >= 4 is 45.6 Å². The number of aliphatic imine (C=N–C) groups is 2. The molecule has 6 aromatic rings. The number of H-pyrrole nitrogens is 2. The second-order valence-corrected chi connectivity index (χ2v) is 8.61. The van der Waals surface area contributed by atoms with E-state index < -0.39 is 0 Å². The van der Waals surface area contributed by atoms with Gasteiger partial charge in [-0.2, -0.15) is 0 Å². The van der Waals surface area contributed by atoms with Crippen molar-refractivity contribution in [3.05, 3.63) is 132 Å². The molecule has 6 rings (SSSR count). The summed E-state index contributed by atoms with van der Waals surface area (Å²) in [5.41, 5.74) is 8.84. The summed E-state index contributed by atoms with van der Waals surface area (Å²) in [5, 5.41) is 2.37. The Bertz CT molecular complexity index is 1520. The van der Waals surface area contributed by atoms with E-state index in [0.29, 0.717) is 0 Å². The van der Waals surface area contributed by atoms with Crippen LogP contribution in [0.2, 0.25) is 0 Å². The molecule has 0 fully saturated rings. The van der Waals surface area contributed by atoms with E-state index in [9.17, 15) is 0 Å². The third-order valence-corrected chi connectivity index (χ3v) is 6.23. The van der Waals surface area contributed by atoms with Gasteiger partial charge in [0.15, 0.2) is 0 Å². The fourth-order valence-electron chi connectivity index (χ4n) is 4.33. The molecule has 2 N–H and O–H groups in total. The number of para-hydroxylation sites is 2. The van der Waals surface area contributed by atoms with Crippen molar-refractivity contribution in [2.45, 2.75) is 6.42 Å². The van der Waals surface area contributed by atoms with E-state index in [0.717, 1.165) is 40.0 Å². The van der Waals surface area contributed by atoms with Crippen molar-refractivity contribution in [2.75, 3.05) is 0 Å². The highest BCUT2D eigenvalue weighted by Gasteiger charge is 2.02. The largest absolute Gasteiger partial charge is 0.361 e. The monoisotopic (exact) mass is 452 g/mol. The summed E-state index contributed by atoms with van der Waals surface area (Å²) in [5.74, 6) is 0. The van der Waals surface area contributed by atoms with Crippen LogP contribution in [0.15, 0.2) is 119 Å². The van der Waals surface area contributed by atoms with Gasteiger partial charge >= 0.3 is 0 Å². The Hall–Kier alpha value is -4.70. The lowest BCUT2D eigenvalue weighted by Gasteiger charge is -2.03. The fourth-order valence-corrected chi connectivity index (χ4v) is 4.33. The van der Waals surface area contributed by atoms with Crippen molar-refractivity contribution in [1.29, 1.82) is 0 Å². The van der Waals surface area contributed by atoms with Crippen molar-refractivity contribution < 1.29 is 0 Å². The van der Waals surface area contributed by atoms with Gasteiger partial charge in [-0.05, 0) is 53.9 Å². The maximum atomic E-state index is 4.66. The number of nitrogens with one attached hydrogen (secondary N) is 2. The highest BCUT2D eigenvalue weighted by molar-refractivity contribution is 6.00. The summed E-state index contributed by atoms with van der Waals surface area (Å²) >= 11 is 0. The van der Waals surface area contributed by atoms with Gasteiger partial charge < -0.3 is 9.97 Å². The van der Waals surface area contributed by atoms with Crippen molar-refractivity contribution in [3.63, 3.8) is 0 Å².